The molecule has 1 saturated heterocycles. The molecule has 0 aliphatic carbocycles. The van der Waals surface area contributed by atoms with Gasteiger partial charge in [-0.2, -0.15) is 0 Å². The first-order valence-corrected chi connectivity index (χ1v) is 7.02. The van der Waals surface area contributed by atoms with Crippen molar-refractivity contribution in [2.24, 2.45) is 0 Å². The number of aryl methyl sites for hydroxylation is 1. The van der Waals surface area contributed by atoms with Crippen LogP contribution in [0.25, 0.3) is 0 Å². The Morgan fingerprint density at radius 2 is 2.33 bits per heavy atom. The molecule has 0 radical (unpaired) electrons. The minimum absolute atomic E-state index is 0.000747. The van der Waals surface area contributed by atoms with E-state index in [2.05, 4.69) is 25.3 Å². The lowest BCUT2D eigenvalue weighted by Gasteiger charge is -2.23. The summed E-state index contributed by atoms with van der Waals surface area (Å²) >= 11 is 0. The van der Waals surface area contributed by atoms with Gasteiger partial charge in [-0.25, -0.2) is 15.0 Å². The number of imidazole rings is 1. The van der Waals surface area contributed by atoms with Gasteiger partial charge in [0.2, 0.25) is 5.95 Å². The second kappa shape index (κ2) is 5.51. The highest BCUT2D eigenvalue weighted by Gasteiger charge is 2.32. The van der Waals surface area contributed by atoms with Gasteiger partial charge in [0.15, 0.2) is 0 Å². The number of carbonyl (C=O) groups is 1. The third-order valence-electron chi connectivity index (χ3n) is 3.65. The number of nitrogens with one attached hydrogen (secondary N) is 2. The van der Waals surface area contributed by atoms with Gasteiger partial charge in [0, 0.05) is 31.7 Å². The van der Waals surface area contributed by atoms with Crippen LogP contribution in [0, 0.1) is 6.92 Å². The molecule has 1 atom stereocenters. The first-order chi connectivity index (χ1) is 10.2. The molecule has 7 heteroatoms. The third-order valence-corrected chi connectivity index (χ3v) is 3.65. The van der Waals surface area contributed by atoms with Gasteiger partial charge in [-0.05, 0) is 25.8 Å². The number of carbonyl (C=O) groups excluding carboxylic acids is 1. The van der Waals surface area contributed by atoms with Crippen LogP contribution in [-0.2, 0) is 0 Å². The van der Waals surface area contributed by atoms with Crippen LogP contribution < -0.4 is 5.32 Å². The molecule has 1 amide bonds. The molecule has 0 spiro atoms. The van der Waals surface area contributed by atoms with Crippen LogP contribution in [0.15, 0.2) is 18.5 Å². The van der Waals surface area contributed by atoms with E-state index in [9.17, 15) is 4.79 Å². The topological polar surface area (TPSA) is 86.8 Å². The molecule has 110 valence electrons. The highest BCUT2D eigenvalue weighted by molar-refractivity contribution is 5.93. The predicted octanol–water partition coefficient (Wildman–Crippen LogP) is 1.53. The molecule has 1 unspecified atom stereocenters. The Bertz CT molecular complexity index is 639. The Morgan fingerprint density at radius 3 is 3.05 bits per heavy atom. The number of likely N-dealkylation sites (tertiary alicyclic amines) is 1. The number of aromatic amines is 1. The van der Waals surface area contributed by atoms with Gasteiger partial charge in [0.25, 0.3) is 5.91 Å². The first kappa shape index (κ1) is 13.5. The van der Waals surface area contributed by atoms with Crippen molar-refractivity contribution in [3.05, 3.63) is 35.7 Å². The summed E-state index contributed by atoms with van der Waals surface area (Å²) in [5, 5.41) is 2.88. The van der Waals surface area contributed by atoms with E-state index in [0.29, 0.717) is 11.6 Å². The van der Waals surface area contributed by atoms with Crippen LogP contribution in [0.5, 0.6) is 0 Å². The summed E-state index contributed by atoms with van der Waals surface area (Å²) in [5.74, 6) is 1.23. The summed E-state index contributed by atoms with van der Waals surface area (Å²) in [7, 11) is 1.74. The Hall–Kier alpha value is -2.44. The first-order valence-electron chi connectivity index (χ1n) is 7.02. The number of aromatic nitrogens is 4. The van der Waals surface area contributed by atoms with Crippen molar-refractivity contribution in [2.75, 3.05) is 18.9 Å². The van der Waals surface area contributed by atoms with Gasteiger partial charge in [-0.15, -0.1) is 0 Å². The fourth-order valence-corrected chi connectivity index (χ4v) is 2.69. The zero-order valence-electron chi connectivity index (χ0n) is 12.1. The van der Waals surface area contributed by atoms with Gasteiger partial charge in [0.05, 0.1) is 6.04 Å². The van der Waals surface area contributed by atoms with Crippen molar-refractivity contribution in [1.29, 1.82) is 0 Å². The zero-order chi connectivity index (χ0) is 14.8. The minimum atomic E-state index is -0.0732. The SMILES string of the molecule is CNc1nc(C)cc(C(=O)N2CCCC2c2ncc[nH]2)n1. The summed E-state index contributed by atoms with van der Waals surface area (Å²) in [4.78, 5) is 30.4. The van der Waals surface area contributed by atoms with Gasteiger partial charge >= 0.3 is 0 Å². The maximum absolute atomic E-state index is 12.7. The number of hydrogen-bond donors (Lipinski definition) is 2. The van der Waals surface area contributed by atoms with Crippen LogP contribution in [-0.4, -0.2) is 44.3 Å². The molecule has 21 heavy (non-hydrogen) atoms. The van der Waals surface area contributed by atoms with Crippen LogP contribution in [0.1, 0.15) is 40.9 Å². The van der Waals surface area contributed by atoms with E-state index in [1.165, 1.54) is 0 Å². The number of H-pyrrole nitrogens is 1. The van der Waals surface area contributed by atoms with Gasteiger partial charge in [-0.1, -0.05) is 0 Å². The molecule has 3 heterocycles. The summed E-state index contributed by atoms with van der Waals surface area (Å²) in [6.07, 6.45) is 5.39. The molecule has 2 N–H and O–H groups in total. The molecule has 1 aliphatic rings. The zero-order valence-corrected chi connectivity index (χ0v) is 12.1. The van der Waals surface area contributed by atoms with E-state index in [-0.39, 0.29) is 11.9 Å². The number of nitrogens with zero attached hydrogens (tertiary/aromatic N) is 4. The second-order valence-corrected chi connectivity index (χ2v) is 5.10. The van der Waals surface area contributed by atoms with E-state index >= 15 is 0 Å². The average molecular weight is 286 g/mol. The lowest BCUT2D eigenvalue weighted by atomic mass is 10.2. The van der Waals surface area contributed by atoms with E-state index in [1.54, 1.807) is 25.5 Å². The molecule has 2 aromatic rings. The average Bonchev–Trinajstić information content (AvgIpc) is 3.16. The fraction of sp³-hybridized carbons (Fsp3) is 0.429. The van der Waals surface area contributed by atoms with Crippen LogP contribution >= 0.6 is 0 Å². The number of hydrogen-bond acceptors (Lipinski definition) is 5. The molecule has 2 aromatic heterocycles. The van der Waals surface area contributed by atoms with E-state index in [4.69, 9.17) is 0 Å². The van der Waals surface area contributed by atoms with Crippen LogP contribution in [0.3, 0.4) is 0 Å². The summed E-state index contributed by atoms with van der Waals surface area (Å²) in [5.41, 5.74) is 1.19. The highest BCUT2D eigenvalue weighted by Crippen LogP contribution is 2.30. The Kier molecular flexibility index (Phi) is 3.55. The lowest BCUT2D eigenvalue weighted by molar-refractivity contribution is 0.0724. The maximum atomic E-state index is 12.7. The van der Waals surface area contributed by atoms with Crippen molar-refractivity contribution < 1.29 is 4.79 Å². The van der Waals surface area contributed by atoms with Crippen molar-refractivity contribution in [1.82, 2.24) is 24.8 Å². The monoisotopic (exact) mass is 286 g/mol. The number of anilines is 1. The molecule has 0 aromatic carbocycles. The quantitative estimate of drug-likeness (QED) is 0.893. The fourth-order valence-electron chi connectivity index (χ4n) is 2.69. The van der Waals surface area contributed by atoms with Gasteiger partial charge in [0.1, 0.15) is 11.5 Å². The Balaban J connectivity index is 1.89. The van der Waals surface area contributed by atoms with Crippen LogP contribution in [0.4, 0.5) is 5.95 Å². The van der Waals surface area contributed by atoms with Crippen molar-refractivity contribution in [3.63, 3.8) is 0 Å². The third kappa shape index (κ3) is 2.58. The molecular formula is C14H18N6O. The van der Waals surface area contributed by atoms with E-state index in [0.717, 1.165) is 30.9 Å². The summed E-state index contributed by atoms with van der Waals surface area (Å²) in [6.45, 7) is 2.58. The predicted molar refractivity (Wildman–Crippen MR) is 77.9 cm³/mol. The summed E-state index contributed by atoms with van der Waals surface area (Å²) < 4.78 is 0. The van der Waals surface area contributed by atoms with E-state index in [1.807, 2.05) is 11.8 Å². The molecule has 1 fully saturated rings. The van der Waals surface area contributed by atoms with Crippen molar-refractivity contribution >= 4 is 11.9 Å². The second-order valence-electron chi connectivity index (χ2n) is 5.10. The van der Waals surface area contributed by atoms with Gasteiger partial charge < -0.3 is 15.2 Å². The molecule has 0 bridgehead atoms. The van der Waals surface area contributed by atoms with Crippen molar-refractivity contribution in [3.8, 4) is 0 Å². The highest BCUT2D eigenvalue weighted by atomic mass is 16.2. The smallest absolute Gasteiger partial charge is 0.273 e. The minimum Gasteiger partial charge on any atom is -0.357 e. The molecule has 1 aliphatic heterocycles. The standard InChI is InChI=1S/C14H18N6O/c1-9-8-10(19-14(15-2)18-9)13(21)20-7-3-4-11(20)12-16-5-6-17-12/h5-6,8,11H,3-4,7H2,1-2H3,(H,16,17)(H,15,18,19). The molecule has 7 nitrogen and oxygen atoms in total. The number of amides is 1. The van der Waals surface area contributed by atoms with Crippen molar-refractivity contribution in [2.45, 2.75) is 25.8 Å². The maximum Gasteiger partial charge on any atom is 0.273 e. The lowest BCUT2D eigenvalue weighted by Crippen LogP contribution is -2.32. The summed E-state index contributed by atoms with van der Waals surface area (Å²) in [6, 6.07) is 1.72. The molecular weight excluding hydrogens is 268 g/mol. The normalized spacial score (nSPS) is 18.0. The Morgan fingerprint density at radius 1 is 1.48 bits per heavy atom. The molecule has 0 saturated carbocycles. The molecule has 3 rings (SSSR count). The van der Waals surface area contributed by atoms with Gasteiger partial charge in [-0.3, -0.25) is 4.79 Å². The van der Waals surface area contributed by atoms with Crippen LogP contribution in [0.2, 0.25) is 0 Å². The Labute approximate surface area is 122 Å². The van der Waals surface area contributed by atoms with E-state index < -0.39 is 0 Å². The largest absolute Gasteiger partial charge is 0.357 e. The number of rotatable bonds is 3.